The van der Waals surface area contributed by atoms with Gasteiger partial charge in [-0.05, 0) is 39.8 Å². The van der Waals surface area contributed by atoms with E-state index in [2.05, 4.69) is 20.8 Å². The van der Waals surface area contributed by atoms with Crippen molar-refractivity contribution in [3.8, 4) is 0 Å². The number of esters is 1. The van der Waals surface area contributed by atoms with E-state index in [4.69, 9.17) is 4.74 Å². The second-order valence-electron chi connectivity index (χ2n) is 5.02. The van der Waals surface area contributed by atoms with Gasteiger partial charge in [-0.25, -0.2) is 4.79 Å². The van der Waals surface area contributed by atoms with E-state index in [1.54, 1.807) is 0 Å². The van der Waals surface area contributed by atoms with E-state index in [-0.39, 0.29) is 5.97 Å². The van der Waals surface area contributed by atoms with Gasteiger partial charge in [-0.3, -0.25) is 0 Å². The van der Waals surface area contributed by atoms with Crippen LogP contribution in [0.1, 0.15) is 36.7 Å². The molecule has 1 aromatic rings. The molecule has 19 heavy (non-hydrogen) atoms. The third-order valence-corrected chi connectivity index (χ3v) is 4.10. The molecule has 0 saturated heterocycles. The minimum atomic E-state index is -0.221. The highest BCUT2D eigenvalue weighted by atomic mass is 16.5. The van der Waals surface area contributed by atoms with Crippen LogP contribution in [0.5, 0.6) is 0 Å². The maximum Gasteiger partial charge on any atom is 0.338 e. The summed E-state index contributed by atoms with van der Waals surface area (Å²) in [5.74, 6) is -0.221. The summed E-state index contributed by atoms with van der Waals surface area (Å²) in [6.45, 7) is 13.2. The standard InChI is InChI=1S/C16H26NO2/c1-5-17(6-2,7-3)12-13-19-16(18)15-10-8-14(4)9-11-15/h8-11H,5-7,12-13H2,1-4H3/q+1. The normalized spacial score (nSPS) is 11.4. The number of likely N-dealkylation sites (N-methyl/N-ethyl adjacent to an activating group) is 1. The van der Waals surface area contributed by atoms with Crippen LogP contribution in [-0.2, 0) is 4.74 Å². The van der Waals surface area contributed by atoms with Gasteiger partial charge in [-0.2, -0.15) is 0 Å². The molecule has 0 heterocycles. The Morgan fingerprint density at radius 3 is 2.05 bits per heavy atom. The van der Waals surface area contributed by atoms with E-state index in [0.29, 0.717) is 12.2 Å². The minimum Gasteiger partial charge on any atom is -0.456 e. The Balaban J connectivity index is 2.48. The lowest BCUT2D eigenvalue weighted by molar-refractivity contribution is -0.923. The van der Waals surface area contributed by atoms with Crippen molar-refractivity contribution in [1.29, 1.82) is 0 Å². The molecule has 3 nitrogen and oxygen atoms in total. The largest absolute Gasteiger partial charge is 0.456 e. The van der Waals surface area contributed by atoms with Crippen LogP contribution in [-0.4, -0.2) is 43.2 Å². The Kier molecular flexibility index (Phi) is 6.03. The molecule has 0 spiro atoms. The maximum absolute atomic E-state index is 11.9. The first kappa shape index (κ1) is 15.7. The van der Waals surface area contributed by atoms with Gasteiger partial charge in [-0.1, -0.05) is 17.7 Å². The van der Waals surface area contributed by atoms with Crippen molar-refractivity contribution in [2.75, 3.05) is 32.8 Å². The summed E-state index contributed by atoms with van der Waals surface area (Å²) in [4.78, 5) is 11.9. The van der Waals surface area contributed by atoms with E-state index in [1.807, 2.05) is 31.2 Å². The number of carbonyl (C=O) groups excluding carboxylic acids is 1. The molecule has 0 fully saturated rings. The molecule has 1 aromatic carbocycles. The Morgan fingerprint density at radius 2 is 1.58 bits per heavy atom. The van der Waals surface area contributed by atoms with E-state index in [9.17, 15) is 4.79 Å². The zero-order chi connectivity index (χ0) is 14.3. The van der Waals surface area contributed by atoms with Crippen molar-refractivity contribution in [2.24, 2.45) is 0 Å². The van der Waals surface area contributed by atoms with Crippen LogP contribution >= 0.6 is 0 Å². The average Bonchev–Trinajstić information content (AvgIpc) is 2.45. The van der Waals surface area contributed by atoms with Gasteiger partial charge in [0, 0.05) is 0 Å². The van der Waals surface area contributed by atoms with Crippen molar-refractivity contribution in [3.63, 3.8) is 0 Å². The monoisotopic (exact) mass is 264 g/mol. The van der Waals surface area contributed by atoms with Crippen LogP contribution in [0.3, 0.4) is 0 Å². The average molecular weight is 264 g/mol. The highest BCUT2D eigenvalue weighted by Gasteiger charge is 2.21. The van der Waals surface area contributed by atoms with Gasteiger partial charge in [0.25, 0.3) is 0 Å². The third kappa shape index (κ3) is 4.35. The fourth-order valence-electron chi connectivity index (χ4n) is 2.25. The first-order chi connectivity index (χ1) is 9.06. The Labute approximate surface area is 116 Å². The molecule has 0 unspecified atom stereocenters. The van der Waals surface area contributed by atoms with Crippen LogP contribution < -0.4 is 0 Å². The summed E-state index contributed by atoms with van der Waals surface area (Å²) in [5.41, 5.74) is 1.78. The number of hydrogen-bond donors (Lipinski definition) is 0. The second-order valence-corrected chi connectivity index (χ2v) is 5.02. The van der Waals surface area contributed by atoms with Gasteiger partial charge in [0.2, 0.25) is 0 Å². The number of benzene rings is 1. The van der Waals surface area contributed by atoms with Crippen LogP contribution in [0.2, 0.25) is 0 Å². The second kappa shape index (κ2) is 7.29. The van der Waals surface area contributed by atoms with E-state index in [0.717, 1.165) is 36.2 Å². The summed E-state index contributed by atoms with van der Waals surface area (Å²) in [6, 6.07) is 7.50. The Morgan fingerprint density at radius 1 is 1.05 bits per heavy atom. The number of carbonyl (C=O) groups is 1. The predicted molar refractivity (Wildman–Crippen MR) is 78.2 cm³/mol. The van der Waals surface area contributed by atoms with Crippen LogP contribution in [0.25, 0.3) is 0 Å². The van der Waals surface area contributed by atoms with Crippen molar-refractivity contribution in [1.82, 2.24) is 0 Å². The lowest BCUT2D eigenvalue weighted by Gasteiger charge is -2.35. The molecule has 0 aliphatic heterocycles. The highest BCUT2D eigenvalue weighted by Crippen LogP contribution is 2.08. The number of ether oxygens (including phenoxy) is 1. The molecule has 0 atom stereocenters. The van der Waals surface area contributed by atoms with Gasteiger partial charge in [0.15, 0.2) is 0 Å². The number of aryl methyl sites for hydroxylation is 1. The summed E-state index contributed by atoms with van der Waals surface area (Å²) in [5, 5.41) is 0. The fraction of sp³-hybridized carbons (Fsp3) is 0.562. The van der Waals surface area contributed by atoms with Crippen molar-refractivity contribution >= 4 is 5.97 Å². The fourth-order valence-corrected chi connectivity index (χ4v) is 2.25. The number of nitrogens with zero attached hydrogens (tertiary/aromatic N) is 1. The van der Waals surface area contributed by atoms with Crippen molar-refractivity contribution in [2.45, 2.75) is 27.7 Å². The summed E-state index contributed by atoms with van der Waals surface area (Å²) >= 11 is 0. The smallest absolute Gasteiger partial charge is 0.338 e. The molecule has 3 heteroatoms. The molecular formula is C16H26NO2+. The van der Waals surface area contributed by atoms with E-state index in [1.165, 1.54) is 0 Å². The molecule has 0 bridgehead atoms. The molecule has 1 rings (SSSR count). The number of rotatable bonds is 7. The van der Waals surface area contributed by atoms with Gasteiger partial charge < -0.3 is 9.22 Å². The Hall–Kier alpha value is -1.35. The predicted octanol–water partition coefficient (Wildman–Crippen LogP) is 3.03. The van der Waals surface area contributed by atoms with Gasteiger partial charge in [0.05, 0.1) is 25.2 Å². The summed E-state index contributed by atoms with van der Waals surface area (Å²) in [6.07, 6.45) is 0. The van der Waals surface area contributed by atoms with E-state index >= 15 is 0 Å². The van der Waals surface area contributed by atoms with Crippen molar-refractivity contribution < 1.29 is 14.0 Å². The lowest BCUT2D eigenvalue weighted by Crippen LogP contribution is -2.49. The van der Waals surface area contributed by atoms with Crippen LogP contribution in [0.15, 0.2) is 24.3 Å². The molecular weight excluding hydrogens is 238 g/mol. The first-order valence-electron chi connectivity index (χ1n) is 7.15. The Bertz CT molecular complexity index is 385. The molecule has 0 radical (unpaired) electrons. The van der Waals surface area contributed by atoms with Crippen LogP contribution in [0, 0.1) is 6.92 Å². The molecule has 0 amide bonds. The zero-order valence-electron chi connectivity index (χ0n) is 12.6. The molecule has 0 N–H and O–H groups in total. The van der Waals surface area contributed by atoms with Gasteiger partial charge >= 0.3 is 5.97 Å². The first-order valence-corrected chi connectivity index (χ1v) is 7.15. The van der Waals surface area contributed by atoms with E-state index < -0.39 is 0 Å². The zero-order valence-corrected chi connectivity index (χ0v) is 12.6. The third-order valence-electron chi connectivity index (χ3n) is 4.10. The topological polar surface area (TPSA) is 26.3 Å². The molecule has 0 aliphatic carbocycles. The minimum absolute atomic E-state index is 0.221. The van der Waals surface area contributed by atoms with Gasteiger partial charge in [0.1, 0.15) is 13.2 Å². The number of hydrogen-bond acceptors (Lipinski definition) is 2. The summed E-state index contributed by atoms with van der Waals surface area (Å²) < 4.78 is 6.38. The van der Waals surface area contributed by atoms with Crippen molar-refractivity contribution in [3.05, 3.63) is 35.4 Å². The molecule has 0 aromatic heterocycles. The SMILES string of the molecule is CC[N+](CC)(CC)CCOC(=O)c1ccc(C)cc1. The molecule has 0 saturated carbocycles. The quantitative estimate of drug-likeness (QED) is 0.559. The highest BCUT2D eigenvalue weighted by molar-refractivity contribution is 5.89. The molecule has 0 aliphatic rings. The van der Waals surface area contributed by atoms with Crippen LogP contribution in [0.4, 0.5) is 0 Å². The maximum atomic E-state index is 11.9. The van der Waals surface area contributed by atoms with Gasteiger partial charge in [-0.15, -0.1) is 0 Å². The molecule has 106 valence electrons. The lowest BCUT2D eigenvalue weighted by atomic mass is 10.1. The number of quaternary nitrogens is 1. The summed E-state index contributed by atoms with van der Waals surface area (Å²) in [7, 11) is 0.